The highest BCUT2D eigenvalue weighted by Crippen LogP contribution is 2.30. The molecule has 4 aromatic heterocycles. The standard InChI is InChI=1S/C20H16N6OS/c1-11(12-5-6-14-16(10-12)24-20(27)23-14)22-17-13-7-9-28-19(13)26-18(25-17)15-4-2-3-8-21-15/h2-11H,1H3,(H,22,25,26)(H2,23,24,27). The van der Waals surface area contributed by atoms with Crippen molar-refractivity contribution < 1.29 is 0 Å². The average Bonchev–Trinajstić information content (AvgIpc) is 3.33. The normalized spacial score (nSPS) is 12.5. The van der Waals surface area contributed by atoms with Gasteiger partial charge < -0.3 is 15.3 Å². The minimum Gasteiger partial charge on any atom is -0.363 e. The topological polar surface area (TPSA) is 99.3 Å². The summed E-state index contributed by atoms with van der Waals surface area (Å²) in [6.07, 6.45) is 1.74. The quantitative estimate of drug-likeness (QED) is 0.430. The van der Waals surface area contributed by atoms with E-state index in [0.717, 1.165) is 38.3 Å². The molecule has 0 aliphatic heterocycles. The summed E-state index contributed by atoms with van der Waals surface area (Å²) in [6, 6.07) is 13.6. The van der Waals surface area contributed by atoms with Gasteiger partial charge in [-0.2, -0.15) is 0 Å². The molecule has 3 N–H and O–H groups in total. The monoisotopic (exact) mass is 388 g/mol. The smallest absolute Gasteiger partial charge is 0.323 e. The average molecular weight is 388 g/mol. The first-order chi connectivity index (χ1) is 13.7. The van der Waals surface area contributed by atoms with E-state index in [2.05, 4.69) is 32.2 Å². The molecule has 0 fully saturated rings. The summed E-state index contributed by atoms with van der Waals surface area (Å²) in [5.74, 6) is 1.36. The van der Waals surface area contributed by atoms with Crippen LogP contribution in [0, 0.1) is 0 Å². The minimum atomic E-state index is -0.205. The minimum absolute atomic E-state index is 0.0163. The lowest BCUT2D eigenvalue weighted by molar-refractivity contribution is 0.878. The molecule has 8 heteroatoms. The Labute approximate surface area is 163 Å². The molecular formula is C20H16N6OS. The molecule has 1 atom stereocenters. The third-order valence-electron chi connectivity index (χ3n) is 4.61. The van der Waals surface area contributed by atoms with E-state index in [4.69, 9.17) is 4.98 Å². The second-order valence-electron chi connectivity index (χ2n) is 6.50. The Bertz CT molecular complexity index is 1340. The molecule has 4 heterocycles. The highest BCUT2D eigenvalue weighted by atomic mass is 32.1. The van der Waals surface area contributed by atoms with Crippen LogP contribution in [0.1, 0.15) is 18.5 Å². The number of aromatic amines is 2. The first-order valence-corrected chi connectivity index (χ1v) is 9.70. The number of H-pyrrole nitrogens is 2. The zero-order valence-electron chi connectivity index (χ0n) is 14.9. The fourth-order valence-corrected chi connectivity index (χ4v) is 3.95. The Hall–Kier alpha value is -3.52. The SMILES string of the molecule is CC(Nc1nc(-c2ccccn2)nc2sccc12)c1ccc2[nH]c(=O)[nH]c2c1. The molecule has 0 spiro atoms. The van der Waals surface area contributed by atoms with Crippen LogP contribution in [-0.4, -0.2) is 24.9 Å². The largest absolute Gasteiger partial charge is 0.363 e. The molecule has 0 saturated carbocycles. The molecule has 138 valence electrons. The van der Waals surface area contributed by atoms with Crippen molar-refractivity contribution in [3.8, 4) is 11.5 Å². The Kier molecular flexibility index (Phi) is 3.91. The first-order valence-electron chi connectivity index (χ1n) is 8.82. The highest BCUT2D eigenvalue weighted by Gasteiger charge is 2.14. The van der Waals surface area contributed by atoms with Gasteiger partial charge in [0, 0.05) is 6.20 Å². The van der Waals surface area contributed by atoms with Gasteiger partial charge in [0.2, 0.25) is 0 Å². The second kappa shape index (κ2) is 6.58. The van der Waals surface area contributed by atoms with Crippen LogP contribution >= 0.6 is 11.3 Å². The number of aromatic nitrogens is 5. The van der Waals surface area contributed by atoms with E-state index in [-0.39, 0.29) is 11.7 Å². The summed E-state index contributed by atoms with van der Waals surface area (Å²) >= 11 is 1.58. The highest BCUT2D eigenvalue weighted by molar-refractivity contribution is 7.16. The molecule has 0 aliphatic rings. The number of thiophene rings is 1. The van der Waals surface area contributed by atoms with Gasteiger partial charge in [0.05, 0.1) is 22.5 Å². The van der Waals surface area contributed by atoms with Crippen LogP contribution in [-0.2, 0) is 0 Å². The number of pyridine rings is 1. The van der Waals surface area contributed by atoms with Crippen LogP contribution in [0.25, 0.3) is 32.8 Å². The van der Waals surface area contributed by atoms with Crippen LogP contribution < -0.4 is 11.0 Å². The lowest BCUT2D eigenvalue weighted by Crippen LogP contribution is -2.09. The van der Waals surface area contributed by atoms with Gasteiger partial charge in [-0.25, -0.2) is 14.8 Å². The van der Waals surface area contributed by atoms with Crippen LogP contribution in [0.2, 0.25) is 0 Å². The van der Waals surface area contributed by atoms with Crippen LogP contribution in [0.3, 0.4) is 0 Å². The zero-order chi connectivity index (χ0) is 19.1. The summed E-state index contributed by atoms with van der Waals surface area (Å²) < 4.78 is 0. The molecule has 1 aromatic carbocycles. The van der Waals surface area contributed by atoms with E-state index in [1.807, 2.05) is 47.8 Å². The predicted molar refractivity (Wildman–Crippen MR) is 112 cm³/mol. The predicted octanol–water partition coefficient (Wildman–Crippen LogP) is 4.10. The molecule has 7 nitrogen and oxygen atoms in total. The van der Waals surface area contributed by atoms with Crippen molar-refractivity contribution in [2.75, 3.05) is 5.32 Å². The Morgan fingerprint density at radius 2 is 1.96 bits per heavy atom. The van der Waals surface area contributed by atoms with Crippen LogP contribution in [0.15, 0.2) is 58.8 Å². The summed E-state index contributed by atoms with van der Waals surface area (Å²) in [6.45, 7) is 2.06. The van der Waals surface area contributed by atoms with Crippen molar-refractivity contribution in [3.63, 3.8) is 0 Å². The second-order valence-corrected chi connectivity index (χ2v) is 7.39. The van der Waals surface area contributed by atoms with Gasteiger partial charge in [-0.3, -0.25) is 4.98 Å². The number of anilines is 1. The molecular weight excluding hydrogens is 372 g/mol. The fourth-order valence-electron chi connectivity index (χ4n) is 3.18. The maximum Gasteiger partial charge on any atom is 0.323 e. The van der Waals surface area contributed by atoms with Gasteiger partial charge in [0.1, 0.15) is 16.3 Å². The van der Waals surface area contributed by atoms with Gasteiger partial charge in [-0.05, 0) is 48.2 Å². The van der Waals surface area contributed by atoms with Crippen LogP contribution in [0.4, 0.5) is 5.82 Å². The number of nitrogens with zero attached hydrogens (tertiary/aromatic N) is 3. The number of imidazole rings is 1. The lowest BCUT2D eigenvalue weighted by atomic mass is 10.1. The van der Waals surface area contributed by atoms with Crippen molar-refractivity contribution in [2.24, 2.45) is 0 Å². The number of hydrogen-bond acceptors (Lipinski definition) is 6. The first kappa shape index (κ1) is 16.6. The maximum atomic E-state index is 11.5. The van der Waals surface area contributed by atoms with E-state index in [0.29, 0.717) is 5.82 Å². The number of hydrogen-bond donors (Lipinski definition) is 3. The number of nitrogens with one attached hydrogen (secondary N) is 3. The summed E-state index contributed by atoms with van der Waals surface area (Å²) in [5, 5.41) is 6.48. The molecule has 0 bridgehead atoms. The molecule has 0 amide bonds. The molecule has 0 aliphatic carbocycles. The van der Waals surface area contributed by atoms with Gasteiger partial charge >= 0.3 is 5.69 Å². The van der Waals surface area contributed by atoms with Gasteiger partial charge in [0.15, 0.2) is 5.82 Å². The van der Waals surface area contributed by atoms with E-state index in [1.54, 1.807) is 17.5 Å². The van der Waals surface area contributed by atoms with Crippen molar-refractivity contribution in [2.45, 2.75) is 13.0 Å². The molecule has 5 rings (SSSR count). The molecule has 5 aromatic rings. The Morgan fingerprint density at radius 3 is 2.82 bits per heavy atom. The maximum absolute atomic E-state index is 11.5. The summed E-state index contributed by atoms with van der Waals surface area (Å²) in [7, 11) is 0. The summed E-state index contributed by atoms with van der Waals surface area (Å²) in [4.78, 5) is 31.7. The van der Waals surface area contributed by atoms with Crippen molar-refractivity contribution in [3.05, 3.63) is 70.1 Å². The molecule has 0 saturated heterocycles. The fraction of sp³-hybridized carbons (Fsp3) is 0.100. The van der Waals surface area contributed by atoms with Gasteiger partial charge in [-0.1, -0.05) is 12.1 Å². The third-order valence-corrected chi connectivity index (χ3v) is 5.42. The third kappa shape index (κ3) is 2.93. The van der Waals surface area contributed by atoms with Crippen molar-refractivity contribution in [1.82, 2.24) is 24.9 Å². The van der Waals surface area contributed by atoms with E-state index in [1.165, 1.54) is 0 Å². The van der Waals surface area contributed by atoms with E-state index in [9.17, 15) is 4.79 Å². The number of rotatable bonds is 4. The summed E-state index contributed by atoms with van der Waals surface area (Å²) in [5.41, 5.74) is 3.15. The van der Waals surface area contributed by atoms with Crippen LogP contribution in [0.5, 0.6) is 0 Å². The number of fused-ring (bicyclic) bond motifs is 2. The number of benzene rings is 1. The van der Waals surface area contributed by atoms with Crippen molar-refractivity contribution >= 4 is 38.4 Å². The Balaban J connectivity index is 1.54. The van der Waals surface area contributed by atoms with Gasteiger partial charge in [0.25, 0.3) is 0 Å². The Morgan fingerprint density at radius 1 is 1.07 bits per heavy atom. The van der Waals surface area contributed by atoms with Gasteiger partial charge in [-0.15, -0.1) is 11.3 Å². The molecule has 28 heavy (non-hydrogen) atoms. The molecule has 0 radical (unpaired) electrons. The lowest BCUT2D eigenvalue weighted by Gasteiger charge is -2.16. The van der Waals surface area contributed by atoms with E-state index < -0.39 is 0 Å². The van der Waals surface area contributed by atoms with E-state index >= 15 is 0 Å². The van der Waals surface area contributed by atoms with Crippen molar-refractivity contribution in [1.29, 1.82) is 0 Å². The zero-order valence-corrected chi connectivity index (χ0v) is 15.7. The molecule has 1 unspecified atom stereocenters.